The quantitative estimate of drug-likeness (QED) is 0.681. The Hall–Kier alpha value is -3.19. The normalized spacial score (nSPS) is 18.1. The van der Waals surface area contributed by atoms with Crippen LogP contribution in [0.4, 0.5) is 5.69 Å². The Morgan fingerprint density at radius 2 is 1.72 bits per heavy atom. The van der Waals surface area contributed by atoms with Crippen LogP contribution in [-0.4, -0.2) is 26.6 Å². The Morgan fingerprint density at radius 3 is 2.55 bits per heavy atom. The predicted molar refractivity (Wildman–Crippen MR) is 113 cm³/mol. The topological polar surface area (TPSA) is 78.8 Å². The third-order valence-corrected chi connectivity index (χ3v) is 7.31. The van der Waals surface area contributed by atoms with Gasteiger partial charge in [-0.1, -0.05) is 48.5 Å². The third-order valence-electron chi connectivity index (χ3n) is 5.50. The van der Waals surface area contributed by atoms with Gasteiger partial charge < -0.3 is 0 Å². The molecule has 3 aromatic carbocycles. The first-order valence-corrected chi connectivity index (χ1v) is 10.9. The van der Waals surface area contributed by atoms with Crippen molar-refractivity contribution in [1.82, 2.24) is 5.43 Å². The van der Waals surface area contributed by atoms with Crippen LogP contribution in [0.3, 0.4) is 0 Å². The molecule has 1 amide bonds. The molecule has 1 aliphatic heterocycles. The van der Waals surface area contributed by atoms with Gasteiger partial charge in [-0.2, -0.15) is 5.10 Å². The molecule has 0 radical (unpaired) electrons. The summed E-state index contributed by atoms with van der Waals surface area (Å²) in [6.07, 6.45) is 2.37. The van der Waals surface area contributed by atoms with Crippen LogP contribution < -0.4 is 9.73 Å². The van der Waals surface area contributed by atoms with E-state index in [0.29, 0.717) is 17.5 Å². The molecule has 146 valence electrons. The molecule has 5 rings (SSSR count). The van der Waals surface area contributed by atoms with Crippen molar-refractivity contribution in [2.24, 2.45) is 5.10 Å². The van der Waals surface area contributed by atoms with Gasteiger partial charge in [0, 0.05) is 17.5 Å². The molecule has 3 aromatic rings. The summed E-state index contributed by atoms with van der Waals surface area (Å²) in [7, 11) is -3.75. The van der Waals surface area contributed by atoms with Crippen molar-refractivity contribution < 1.29 is 13.2 Å². The summed E-state index contributed by atoms with van der Waals surface area (Å²) in [4.78, 5) is 12.8. The maximum absolute atomic E-state index is 13.0. The lowest BCUT2D eigenvalue weighted by molar-refractivity contribution is -0.119. The first-order chi connectivity index (χ1) is 14.0. The average Bonchev–Trinajstić information content (AvgIpc) is 2.95. The van der Waals surface area contributed by atoms with E-state index in [-0.39, 0.29) is 11.4 Å². The fraction of sp³-hybridized carbons (Fsp3) is 0.182. The molecule has 6 nitrogen and oxygen atoms in total. The van der Waals surface area contributed by atoms with Crippen LogP contribution >= 0.6 is 0 Å². The van der Waals surface area contributed by atoms with E-state index in [0.717, 1.165) is 28.2 Å². The molecule has 0 aromatic heterocycles. The van der Waals surface area contributed by atoms with E-state index in [1.165, 1.54) is 11.1 Å². The summed E-state index contributed by atoms with van der Waals surface area (Å²) in [5, 5.41) is 5.77. The minimum Gasteiger partial charge on any atom is -0.271 e. The van der Waals surface area contributed by atoms with Crippen LogP contribution in [0.2, 0.25) is 0 Å². The zero-order chi connectivity index (χ0) is 20.0. The summed E-state index contributed by atoms with van der Waals surface area (Å²) in [6, 6.07) is 18.8. The summed E-state index contributed by atoms with van der Waals surface area (Å²) in [6.45, 7) is -0.302. The first-order valence-electron chi connectivity index (χ1n) is 9.49. The maximum atomic E-state index is 13.0. The SMILES string of the molecule is O=C(CN1c2cccc3cccc(c23)S1(=O)=O)N/N=C1/CCc2ccccc2C1. The van der Waals surface area contributed by atoms with Crippen molar-refractivity contribution in [2.45, 2.75) is 24.2 Å². The second-order valence-corrected chi connectivity index (χ2v) is 9.13. The van der Waals surface area contributed by atoms with Gasteiger partial charge in [-0.3, -0.25) is 9.10 Å². The molecule has 0 saturated carbocycles. The number of carbonyl (C=O) groups is 1. The molecule has 7 heteroatoms. The van der Waals surface area contributed by atoms with Gasteiger partial charge in [0.05, 0.1) is 10.6 Å². The van der Waals surface area contributed by atoms with Crippen molar-refractivity contribution in [3.05, 3.63) is 71.8 Å². The van der Waals surface area contributed by atoms with Gasteiger partial charge in [-0.25, -0.2) is 13.8 Å². The number of amides is 1. The lowest BCUT2D eigenvalue weighted by atomic mass is 9.90. The smallest absolute Gasteiger partial charge is 0.265 e. The van der Waals surface area contributed by atoms with Crippen molar-refractivity contribution in [3.63, 3.8) is 0 Å². The highest BCUT2D eigenvalue weighted by atomic mass is 32.2. The number of rotatable bonds is 3. The van der Waals surface area contributed by atoms with E-state index in [1.807, 2.05) is 24.3 Å². The van der Waals surface area contributed by atoms with Gasteiger partial charge in [-0.05, 0) is 41.5 Å². The van der Waals surface area contributed by atoms with Crippen molar-refractivity contribution >= 4 is 38.1 Å². The van der Waals surface area contributed by atoms with Gasteiger partial charge in [-0.15, -0.1) is 0 Å². The minimum absolute atomic E-state index is 0.244. The van der Waals surface area contributed by atoms with Gasteiger partial charge in [0.1, 0.15) is 6.54 Å². The molecule has 1 heterocycles. The molecular formula is C22H19N3O3S. The second kappa shape index (κ2) is 6.70. The highest BCUT2D eigenvalue weighted by Gasteiger charge is 2.36. The maximum Gasteiger partial charge on any atom is 0.265 e. The van der Waals surface area contributed by atoms with Crippen LogP contribution in [-0.2, 0) is 27.7 Å². The fourth-order valence-electron chi connectivity index (χ4n) is 4.09. The van der Waals surface area contributed by atoms with Crippen molar-refractivity contribution in [2.75, 3.05) is 10.8 Å². The second-order valence-electron chi connectivity index (χ2n) is 7.30. The van der Waals surface area contributed by atoms with Gasteiger partial charge >= 0.3 is 0 Å². The van der Waals surface area contributed by atoms with Crippen molar-refractivity contribution in [3.8, 4) is 0 Å². The Kier molecular flexibility index (Phi) is 4.13. The summed E-state index contributed by atoms with van der Waals surface area (Å²) < 4.78 is 27.1. The summed E-state index contributed by atoms with van der Waals surface area (Å²) in [5.74, 6) is -0.454. The summed E-state index contributed by atoms with van der Waals surface area (Å²) >= 11 is 0. The fourth-order valence-corrected chi connectivity index (χ4v) is 5.76. The zero-order valence-electron chi connectivity index (χ0n) is 15.6. The van der Waals surface area contributed by atoms with Gasteiger partial charge in [0.25, 0.3) is 15.9 Å². The zero-order valence-corrected chi connectivity index (χ0v) is 16.4. The van der Waals surface area contributed by atoms with Crippen LogP contribution in [0.5, 0.6) is 0 Å². The van der Waals surface area contributed by atoms with Crippen LogP contribution in [0.25, 0.3) is 10.8 Å². The lowest BCUT2D eigenvalue weighted by Crippen LogP contribution is -2.37. The molecule has 0 atom stereocenters. The first kappa shape index (κ1) is 17.9. The minimum atomic E-state index is -3.75. The molecule has 1 N–H and O–H groups in total. The Balaban J connectivity index is 1.35. The largest absolute Gasteiger partial charge is 0.271 e. The molecule has 0 spiro atoms. The number of hydrazone groups is 1. The van der Waals surface area contributed by atoms with E-state index in [4.69, 9.17) is 0 Å². The number of hydrogen-bond donors (Lipinski definition) is 1. The highest BCUT2D eigenvalue weighted by molar-refractivity contribution is 7.93. The molecule has 0 fully saturated rings. The molecule has 0 unspecified atom stereocenters. The van der Waals surface area contributed by atoms with E-state index < -0.39 is 15.9 Å². The number of nitrogens with one attached hydrogen (secondary N) is 1. The van der Waals surface area contributed by atoms with Crippen LogP contribution in [0, 0.1) is 0 Å². The molecule has 0 bridgehead atoms. The number of anilines is 1. The van der Waals surface area contributed by atoms with Crippen LogP contribution in [0.1, 0.15) is 17.5 Å². The van der Waals surface area contributed by atoms with Gasteiger partial charge in [0.15, 0.2) is 0 Å². The Labute approximate surface area is 168 Å². The van der Waals surface area contributed by atoms with E-state index in [2.05, 4.69) is 22.7 Å². The molecular weight excluding hydrogens is 386 g/mol. The molecule has 2 aliphatic rings. The number of sulfonamides is 1. The van der Waals surface area contributed by atoms with Crippen LogP contribution in [0.15, 0.2) is 70.7 Å². The van der Waals surface area contributed by atoms with E-state index >= 15 is 0 Å². The number of nitrogens with zero attached hydrogens (tertiary/aromatic N) is 2. The molecule has 0 saturated heterocycles. The molecule has 29 heavy (non-hydrogen) atoms. The molecule has 1 aliphatic carbocycles. The predicted octanol–water partition coefficient (Wildman–Crippen LogP) is 3.01. The van der Waals surface area contributed by atoms with E-state index in [9.17, 15) is 13.2 Å². The highest BCUT2D eigenvalue weighted by Crippen LogP contribution is 2.41. The van der Waals surface area contributed by atoms with E-state index in [1.54, 1.807) is 24.3 Å². The monoisotopic (exact) mass is 405 g/mol. The average molecular weight is 405 g/mol. The number of hydrogen-bond acceptors (Lipinski definition) is 4. The van der Waals surface area contributed by atoms with Crippen molar-refractivity contribution in [1.29, 1.82) is 0 Å². The Morgan fingerprint density at radius 1 is 0.966 bits per heavy atom. The van der Waals surface area contributed by atoms with Gasteiger partial charge in [0.2, 0.25) is 0 Å². The number of fused-ring (bicyclic) bond motifs is 1. The third kappa shape index (κ3) is 2.98. The number of aryl methyl sites for hydroxylation is 1. The Bertz CT molecular complexity index is 1280. The standard InChI is InChI=1S/C22H19N3O3S/c26-21(24-23-18-12-11-15-5-1-2-6-17(15)13-18)14-25-19-9-3-7-16-8-4-10-20(22(16)19)29(25,27)28/h1-10H,11-14H2,(H,24,26)/b23-18-. The lowest BCUT2D eigenvalue weighted by Gasteiger charge is -2.19. The number of benzene rings is 3. The number of carbonyl (C=O) groups excluding carboxylic acids is 1. The summed E-state index contributed by atoms with van der Waals surface area (Å²) in [5.41, 5.74) is 6.51.